The number of nitrogens with one attached hydrogen (secondary N) is 3. The van der Waals surface area contributed by atoms with E-state index in [1.807, 2.05) is 36.4 Å². The number of fused-ring (bicyclic) bond motifs is 4. The minimum Gasteiger partial charge on any atom is -0.489 e. The number of ether oxygens (including phenoxy) is 1. The van der Waals surface area contributed by atoms with Crippen LogP contribution in [0, 0.1) is 0 Å². The molecule has 4 heterocycles. The number of para-hydroxylation sites is 1. The van der Waals surface area contributed by atoms with Gasteiger partial charge in [-0.25, -0.2) is 0 Å². The summed E-state index contributed by atoms with van der Waals surface area (Å²) in [6, 6.07) is 14.1. The Bertz CT molecular complexity index is 1550. The van der Waals surface area contributed by atoms with Gasteiger partial charge in [-0.2, -0.15) is 9.97 Å². The van der Waals surface area contributed by atoms with E-state index in [0.29, 0.717) is 40.5 Å². The van der Waals surface area contributed by atoms with Crippen molar-refractivity contribution >= 4 is 63.9 Å². The molecule has 1 fully saturated rings. The van der Waals surface area contributed by atoms with Crippen molar-refractivity contribution in [3.63, 3.8) is 0 Å². The molecule has 3 N–H and O–H groups in total. The van der Waals surface area contributed by atoms with Crippen LogP contribution in [0.5, 0.6) is 5.75 Å². The van der Waals surface area contributed by atoms with Gasteiger partial charge in [-0.05, 0) is 44.1 Å². The van der Waals surface area contributed by atoms with E-state index < -0.39 is 7.14 Å². The van der Waals surface area contributed by atoms with Crippen LogP contribution >= 0.6 is 18.7 Å². The summed E-state index contributed by atoms with van der Waals surface area (Å²) < 4.78 is 19.1. The van der Waals surface area contributed by atoms with E-state index in [-0.39, 0.29) is 0 Å². The Balaban J connectivity index is 1.31. The smallest absolute Gasteiger partial charge is 0.231 e. The van der Waals surface area contributed by atoms with Gasteiger partial charge < -0.3 is 29.8 Å². The minimum absolute atomic E-state index is 0.372. The summed E-state index contributed by atoms with van der Waals surface area (Å²) in [6.07, 6.45) is 1.69. The molecule has 0 amide bonds. The van der Waals surface area contributed by atoms with Crippen LogP contribution in [0.4, 0.5) is 28.8 Å². The fourth-order valence-corrected chi connectivity index (χ4v) is 6.63. The molecule has 1 saturated heterocycles. The van der Waals surface area contributed by atoms with E-state index in [9.17, 15) is 4.57 Å². The molecular weight excluding hydrogens is 521 g/mol. The van der Waals surface area contributed by atoms with Gasteiger partial charge in [-0.1, -0.05) is 30.7 Å². The Morgan fingerprint density at radius 1 is 1.16 bits per heavy atom. The lowest BCUT2D eigenvalue weighted by molar-refractivity contribution is 0.172. The topological polar surface area (TPSA) is 98.4 Å². The van der Waals surface area contributed by atoms with Crippen LogP contribution in [0.15, 0.2) is 48.7 Å². The summed E-state index contributed by atoms with van der Waals surface area (Å²) in [7, 11) is -2.53. The standard InChI is InChI=1S/C27H31ClN7O2P/c1-4-34-11-12-35-18(15-34)16-37-22-13-17(9-10-21(22)35)30-27-32-25-24(19(28)14-29-25)26(33-27)31-20-7-5-6-8-23(20)38(2,3)36/h5-10,13-14,18H,4,11-12,15-16H2,1-3H3,(H3,29,30,31,32,33)/t18-/m1/s1. The van der Waals surface area contributed by atoms with Crippen molar-refractivity contribution < 1.29 is 9.30 Å². The summed E-state index contributed by atoms with van der Waals surface area (Å²) in [4.78, 5) is 17.5. The SMILES string of the molecule is CCN1CCN2c3ccc(Nc4nc(Nc5ccccc5P(C)(C)=O)c5c(Cl)c[nH]c5n4)cc3OC[C@H]2C1. The molecule has 0 bridgehead atoms. The van der Waals surface area contributed by atoms with Crippen molar-refractivity contribution in [1.82, 2.24) is 19.9 Å². The second-order valence-electron chi connectivity index (χ2n) is 10.1. The quantitative estimate of drug-likeness (QED) is 0.280. The number of aromatic nitrogens is 3. The number of hydrogen-bond donors (Lipinski definition) is 3. The third kappa shape index (κ3) is 4.70. The number of anilines is 5. The lowest BCUT2D eigenvalue weighted by Crippen LogP contribution is -2.57. The van der Waals surface area contributed by atoms with Crippen LogP contribution < -0.4 is 25.6 Å². The zero-order valence-corrected chi connectivity index (χ0v) is 23.3. The first kappa shape index (κ1) is 25.0. The first-order valence-electron chi connectivity index (χ1n) is 12.8. The molecule has 2 aromatic heterocycles. The summed E-state index contributed by atoms with van der Waals surface area (Å²) in [5, 5.41) is 8.61. The van der Waals surface area contributed by atoms with Crippen LogP contribution in [-0.2, 0) is 4.57 Å². The van der Waals surface area contributed by atoms with E-state index in [2.05, 4.69) is 43.4 Å². The Hall–Kier alpha value is -3.26. The fourth-order valence-electron chi connectivity index (χ4n) is 5.24. The van der Waals surface area contributed by atoms with E-state index in [1.54, 1.807) is 19.5 Å². The zero-order chi connectivity index (χ0) is 26.4. The van der Waals surface area contributed by atoms with Gasteiger partial charge in [0.25, 0.3) is 0 Å². The Morgan fingerprint density at radius 2 is 2.00 bits per heavy atom. The van der Waals surface area contributed by atoms with Gasteiger partial charge in [0.05, 0.1) is 27.8 Å². The fraction of sp³-hybridized carbons (Fsp3) is 0.333. The number of halogens is 1. The number of likely N-dealkylation sites (N-methyl/N-ethyl adjacent to an activating group) is 1. The molecule has 0 spiro atoms. The minimum atomic E-state index is -2.53. The monoisotopic (exact) mass is 551 g/mol. The number of nitrogens with zero attached hydrogens (tertiary/aromatic N) is 4. The normalized spacial score (nSPS) is 17.6. The third-order valence-electron chi connectivity index (χ3n) is 7.19. The summed E-state index contributed by atoms with van der Waals surface area (Å²) in [5.41, 5.74) is 3.26. The van der Waals surface area contributed by atoms with Crippen molar-refractivity contribution in [1.29, 1.82) is 0 Å². The number of aromatic amines is 1. The van der Waals surface area contributed by atoms with Crippen LogP contribution in [0.1, 0.15) is 6.92 Å². The van der Waals surface area contributed by atoms with Gasteiger partial charge in [0.15, 0.2) is 0 Å². The second kappa shape index (κ2) is 9.80. The maximum absolute atomic E-state index is 12.9. The van der Waals surface area contributed by atoms with Gasteiger partial charge >= 0.3 is 0 Å². The largest absolute Gasteiger partial charge is 0.489 e. The van der Waals surface area contributed by atoms with Crippen molar-refractivity contribution in [2.24, 2.45) is 0 Å². The van der Waals surface area contributed by atoms with Crippen LogP contribution in [0.25, 0.3) is 11.0 Å². The van der Waals surface area contributed by atoms with Gasteiger partial charge in [0, 0.05) is 42.9 Å². The molecule has 38 heavy (non-hydrogen) atoms. The molecule has 1 atom stereocenters. The predicted octanol–water partition coefficient (Wildman–Crippen LogP) is 5.25. The first-order chi connectivity index (χ1) is 18.3. The number of benzene rings is 2. The average Bonchev–Trinajstić information content (AvgIpc) is 3.28. The maximum atomic E-state index is 12.9. The number of piperazine rings is 1. The molecule has 4 aromatic rings. The molecule has 6 rings (SSSR count). The van der Waals surface area contributed by atoms with Gasteiger partial charge in [0.2, 0.25) is 5.95 Å². The highest BCUT2D eigenvalue weighted by Crippen LogP contribution is 2.40. The van der Waals surface area contributed by atoms with E-state index in [4.69, 9.17) is 21.3 Å². The summed E-state index contributed by atoms with van der Waals surface area (Å²) in [6.45, 7) is 10.5. The lowest BCUT2D eigenvalue weighted by Gasteiger charge is -2.45. The number of hydrogen-bond acceptors (Lipinski definition) is 8. The lowest BCUT2D eigenvalue weighted by atomic mass is 10.1. The van der Waals surface area contributed by atoms with Gasteiger partial charge in [-0.3, -0.25) is 4.90 Å². The van der Waals surface area contributed by atoms with Gasteiger partial charge in [0.1, 0.15) is 31.0 Å². The van der Waals surface area contributed by atoms with Gasteiger partial charge in [-0.15, -0.1) is 0 Å². The molecule has 2 aliphatic rings. The highest BCUT2D eigenvalue weighted by atomic mass is 35.5. The Labute approximate surface area is 226 Å². The maximum Gasteiger partial charge on any atom is 0.231 e. The van der Waals surface area contributed by atoms with E-state index in [0.717, 1.165) is 54.3 Å². The molecule has 0 aliphatic carbocycles. The Kier molecular flexibility index (Phi) is 6.46. The van der Waals surface area contributed by atoms with Crippen molar-refractivity contribution in [3.05, 3.63) is 53.7 Å². The summed E-state index contributed by atoms with van der Waals surface area (Å²) in [5.74, 6) is 1.78. The number of rotatable bonds is 6. The molecule has 11 heteroatoms. The van der Waals surface area contributed by atoms with Crippen molar-refractivity contribution in [3.8, 4) is 5.75 Å². The van der Waals surface area contributed by atoms with E-state index >= 15 is 0 Å². The predicted molar refractivity (Wildman–Crippen MR) is 156 cm³/mol. The average molecular weight is 552 g/mol. The van der Waals surface area contributed by atoms with Crippen LogP contribution in [0.2, 0.25) is 5.02 Å². The molecule has 2 aromatic carbocycles. The Morgan fingerprint density at radius 3 is 2.82 bits per heavy atom. The van der Waals surface area contributed by atoms with Crippen LogP contribution in [-0.4, -0.2) is 72.0 Å². The molecule has 0 unspecified atom stereocenters. The molecule has 0 saturated carbocycles. The highest BCUT2D eigenvalue weighted by Gasteiger charge is 2.32. The zero-order valence-electron chi connectivity index (χ0n) is 21.7. The first-order valence-corrected chi connectivity index (χ1v) is 15.8. The number of H-pyrrole nitrogens is 1. The molecule has 0 radical (unpaired) electrons. The summed E-state index contributed by atoms with van der Waals surface area (Å²) >= 11 is 6.49. The van der Waals surface area contributed by atoms with Crippen molar-refractivity contribution in [2.45, 2.75) is 13.0 Å². The highest BCUT2D eigenvalue weighted by molar-refractivity contribution is 7.70. The molecule has 198 valence electrons. The van der Waals surface area contributed by atoms with E-state index in [1.165, 1.54) is 0 Å². The third-order valence-corrected chi connectivity index (χ3v) is 9.04. The second-order valence-corrected chi connectivity index (χ2v) is 13.7. The molecule has 2 aliphatic heterocycles. The molecule has 9 nitrogen and oxygen atoms in total. The van der Waals surface area contributed by atoms with Crippen LogP contribution in [0.3, 0.4) is 0 Å². The molecular formula is C27H31ClN7O2P. The van der Waals surface area contributed by atoms with Crippen molar-refractivity contribution in [2.75, 3.05) is 61.6 Å².